The molecule has 2 aromatic rings. The molecule has 0 saturated carbocycles. The van der Waals surface area contributed by atoms with E-state index in [9.17, 15) is 4.79 Å². The molecule has 8 heteroatoms. The third kappa shape index (κ3) is 4.97. The van der Waals surface area contributed by atoms with Crippen molar-refractivity contribution in [3.63, 3.8) is 0 Å². The first-order chi connectivity index (χ1) is 13.1. The highest BCUT2D eigenvalue weighted by Gasteiger charge is 2.23. The number of fused-ring (bicyclic) bond motifs is 1. The molecule has 0 saturated heterocycles. The topological polar surface area (TPSA) is 72.7 Å². The Kier molecular flexibility index (Phi) is 6.28. The Balaban J connectivity index is 1.66. The molecule has 3 heterocycles. The van der Waals surface area contributed by atoms with E-state index in [2.05, 4.69) is 37.8 Å². The summed E-state index contributed by atoms with van der Waals surface area (Å²) in [4.78, 5) is 24.0. The molecule has 0 bridgehead atoms. The van der Waals surface area contributed by atoms with Gasteiger partial charge in [0.25, 0.3) is 0 Å². The van der Waals surface area contributed by atoms with Crippen molar-refractivity contribution in [1.82, 2.24) is 19.4 Å². The van der Waals surface area contributed by atoms with Crippen molar-refractivity contribution >= 4 is 11.7 Å². The Hall–Kier alpha value is -2.61. The van der Waals surface area contributed by atoms with Gasteiger partial charge in [-0.15, -0.1) is 0 Å². The van der Waals surface area contributed by atoms with Crippen LogP contribution in [0.1, 0.15) is 12.1 Å². The van der Waals surface area contributed by atoms with Crippen LogP contribution in [0, 0.1) is 5.92 Å². The molecule has 0 N–H and O–H groups in total. The zero-order chi connectivity index (χ0) is 19.2. The smallest absolute Gasteiger partial charge is 0.248 e. The molecular formula is C19H27N5O3. The number of amides is 1. The number of rotatable bonds is 7. The molecule has 1 amide bonds. The number of anilines is 1. The number of aromatic nitrogens is 3. The summed E-state index contributed by atoms with van der Waals surface area (Å²) < 4.78 is 13.1. The normalized spacial score (nSPS) is 16.6. The maximum atomic E-state index is 11.6. The van der Waals surface area contributed by atoms with Gasteiger partial charge in [0.05, 0.1) is 13.7 Å². The van der Waals surface area contributed by atoms with Gasteiger partial charge in [0.1, 0.15) is 18.8 Å². The zero-order valence-electron chi connectivity index (χ0n) is 16.2. The minimum Gasteiger partial charge on any atom is -0.481 e. The Labute approximate surface area is 159 Å². The second-order valence-electron chi connectivity index (χ2n) is 6.95. The molecule has 0 aliphatic carbocycles. The molecule has 146 valence electrons. The molecule has 0 radical (unpaired) electrons. The van der Waals surface area contributed by atoms with E-state index < -0.39 is 0 Å². The minimum atomic E-state index is -0.0155. The highest BCUT2D eigenvalue weighted by molar-refractivity contribution is 5.76. The van der Waals surface area contributed by atoms with Crippen LogP contribution in [0.5, 0.6) is 5.88 Å². The lowest BCUT2D eigenvalue weighted by molar-refractivity contribution is -0.133. The molecule has 2 aromatic heterocycles. The molecule has 1 atom stereocenters. The van der Waals surface area contributed by atoms with Crippen molar-refractivity contribution < 1.29 is 14.3 Å². The molecule has 0 spiro atoms. The molecule has 8 nitrogen and oxygen atoms in total. The van der Waals surface area contributed by atoms with E-state index in [1.54, 1.807) is 26.1 Å². The van der Waals surface area contributed by atoms with Crippen LogP contribution in [0.4, 0.5) is 5.82 Å². The monoisotopic (exact) mass is 373 g/mol. The quantitative estimate of drug-likeness (QED) is 0.684. The van der Waals surface area contributed by atoms with Crippen molar-refractivity contribution in [1.29, 1.82) is 0 Å². The van der Waals surface area contributed by atoms with Gasteiger partial charge >= 0.3 is 0 Å². The lowest BCUT2D eigenvalue weighted by Crippen LogP contribution is -2.30. The van der Waals surface area contributed by atoms with Gasteiger partial charge in [0.2, 0.25) is 11.8 Å². The predicted molar refractivity (Wildman–Crippen MR) is 102 cm³/mol. The number of carbonyl (C=O) groups excluding carboxylic acids is 1. The molecule has 1 aliphatic heterocycles. The second-order valence-corrected chi connectivity index (χ2v) is 6.95. The van der Waals surface area contributed by atoms with E-state index in [-0.39, 0.29) is 12.5 Å². The third-order valence-electron chi connectivity index (χ3n) is 4.77. The summed E-state index contributed by atoms with van der Waals surface area (Å²) in [5.41, 5.74) is 1.25. The Morgan fingerprint density at radius 2 is 2.19 bits per heavy atom. The lowest BCUT2D eigenvalue weighted by Gasteiger charge is -2.25. The maximum absolute atomic E-state index is 11.6. The van der Waals surface area contributed by atoms with Gasteiger partial charge in [-0.2, -0.15) is 0 Å². The van der Waals surface area contributed by atoms with Crippen LogP contribution in [0.15, 0.2) is 30.7 Å². The Bertz CT molecular complexity index is 761. The van der Waals surface area contributed by atoms with E-state index >= 15 is 0 Å². The fourth-order valence-electron chi connectivity index (χ4n) is 3.19. The number of methoxy groups -OCH3 is 1. The largest absolute Gasteiger partial charge is 0.481 e. The van der Waals surface area contributed by atoms with Crippen molar-refractivity contribution in [2.45, 2.75) is 19.5 Å². The van der Waals surface area contributed by atoms with Crippen molar-refractivity contribution in [2.24, 2.45) is 5.92 Å². The van der Waals surface area contributed by atoms with Gasteiger partial charge in [0, 0.05) is 51.7 Å². The number of ether oxygens (including phenoxy) is 2. The molecule has 27 heavy (non-hydrogen) atoms. The fraction of sp³-hybridized carbons (Fsp3) is 0.526. The van der Waals surface area contributed by atoms with Gasteiger partial charge in [-0.1, -0.05) is 0 Å². The maximum Gasteiger partial charge on any atom is 0.248 e. The Morgan fingerprint density at radius 1 is 1.33 bits per heavy atom. The van der Waals surface area contributed by atoms with Gasteiger partial charge in [-0.3, -0.25) is 4.79 Å². The number of nitrogens with zero attached hydrogens (tertiary/aromatic N) is 5. The average Bonchev–Trinajstić information content (AvgIpc) is 3.03. The van der Waals surface area contributed by atoms with E-state index in [0.29, 0.717) is 18.4 Å². The van der Waals surface area contributed by atoms with E-state index in [0.717, 1.165) is 31.9 Å². The molecule has 0 fully saturated rings. The van der Waals surface area contributed by atoms with E-state index in [1.165, 1.54) is 12.0 Å². The number of likely N-dealkylation sites (N-methyl/N-ethyl adjacent to an activating group) is 1. The van der Waals surface area contributed by atoms with Gasteiger partial charge in [-0.25, -0.2) is 9.97 Å². The van der Waals surface area contributed by atoms with Crippen LogP contribution in [0.25, 0.3) is 0 Å². The molecular weight excluding hydrogens is 346 g/mol. The van der Waals surface area contributed by atoms with Crippen LogP contribution >= 0.6 is 0 Å². The van der Waals surface area contributed by atoms with Crippen molar-refractivity contribution in [3.8, 4) is 5.88 Å². The Morgan fingerprint density at radius 3 is 2.96 bits per heavy atom. The van der Waals surface area contributed by atoms with Crippen LogP contribution in [-0.2, 0) is 22.6 Å². The fourth-order valence-corrected chi connectivity index (χ4v) is 3.19. The zero-order valence-corrected chi connectivity index (χ0v) is 16.2. The first-order valence-electron chi connectivity index (χ1n) is 9.09. The van der Waals surface area contributed by atoms with Crippen molar-refractivity contribution in [2.75, 3.05) is 45.9 Å². The van der Waals surface area contributed by atoms with Crippen LogP contribution in [0.3, 0.4) is 0 Å². The number of carbonyl (C=O) groups is 1. The standard InChI is InChI=1S/C19H27N5O3/c1-22(2)19(25)13-27-8-6-15-10-23-7-4-5-16(23)12-24(11-15)17-9-18(26-3)21-14-20-17/h4-5,7,9,14-15H,6,8,10-13H2,1-3H3/t15-/m1/s1. The van der Waals surface area contributed by atoms with Gasteiger partial charge in [0.15, 0.2) is 0 Å². The third-order valence-corrected chi connectivity index (χ3v) is 4.77. The molecule has 1 aliphatic rings. The first kappa shape index (κ1) is 19.2. The molecule has 0 unspecified atom stereocenters. The molecule has 3 rings (SSSR count). The number of hydrogen-bond acceptors (Lipinski definition) is 6. The highest BCUT2D eigenvalue weighted by Crippen LogP contribution is 2.25. The summed E-state index contributed by atoms with van der Waals surface area (Å²) >= 11 is 0. The summed E-state index contributed by atoms with van der Waals surface area (Å²) in [6, 6.07) is 6.07. The SMILES string of the molecule is COc1cc(N2Cc3cccn3C[C@@H](CCOCC(=O)N(C)C)C2)ncn1. The van der Waals surface area contributed by atoms with Crippen LogP contribution in [-0.4, -0.2) is 66.3 Å². The van der Waals surface area contributed by atoms with Crippen LogP contribution in [0.2, 0.25) is 0 Å². The summed E-state index contributed by atoms with van der Waals surface area (Å²) in [6.07, 6.45) is 4.52. The molecule has 0 aromatic carbocycles. The van der Waals surface area contributed by atoms with Gasteiger partial charge < -0.3 is 23.8 Å². The highest BCUT2D eigenvalue weighted by atomic mass is 16.5. The predicted octanol–water partition coefficient (Wildman–Crippen LogP) is 1.42. The van der Waals surface area contributed by atoms with E-state index in [1.807, 2.05) is 6.07 Å². The van der Waals surface area contributed by atoms with Crippen LogP contribution < -0.4 is 9.64 Å². The lowest BCUT2D eigenvalue weighted by atomic mass is 10.1. The summed E-state index contributed by atoms with van der Waals surface area (Å²) in [7, 11) is 5.08. The minimum absolute atomic E-state index is 0.0155. The number of hydrogen-bond donors (Lipinski definition) is 0. The first-order valence-corrected chi connectivity index (χ1v) is 9.09. The average molecular weight is 373 g/mol. The summed E-state index contributed by atoms with van der Waals surface area (Å²) in [6.45, 7) is 3.24. The van der Waals surface area contributed by atoms with Gasteiger partial charge in [-0.05, 0) is 24.5 Å². The van der Waals surface area contributed by atoms with Crippen molar-refractivity contribution in [3.05, 3.63) is 36.4 Å². The second kappa shape index (κ2) is 8.85. The van der Waals surface area contributed by atoms with E-state index in [4.69, 9.17) is 9.47 Å². The summed E-state index contributed by atoms with van der Waals surface area (Å²) in [5, 5.41) is 0. The summed E-state index contributed by atoms with van der Waals surface area (Å²) in [5.74, 6) is 1.78.